The van der Waals surface area contributed by atoms with Crippen molar-refractivity contribution in [1.82, 2.24) is 10.2 Å². The standard InChI is InChI=1S/C14H20N2O4/c1-16(11-14(18)19-2)10-13(17)15-8-9-20-12-6-4-3-5-7-12/h3-7H,8-11H2,1-2H3,(H,15,17). The molecule has 0 aliphatic rings. The molecular weight excluding hydrogens is 260 g/mol. The van der Waals surface area contributed by atoms with Gasteiger partial charge in [-0.2, -0.15) is 0 Å². The lowest BCUT2D eigenvalue weighted by Gasteiger charge is -2.14. The third-order valence-electron chi connectivity index (χ3n) is 2.48. The molecule has 110 valence electrons. The largest absolute Gasteiger partial charge is 0.492 e. The predicted octanol–water partition coefficient (Wildman–Crippen LogP) is 0.286. The van der Waals surface area contributed by atoms with Crippen LogP contribution < -0.4 is 10.1 Å². The summed E-state index contributed by atoms with van der Waals surface area (Å²) < 4.78 is 9.96. The third-order valence-corrected chi connectivity index (χ3v) is 2.48. The normalized spacial score (nSPS) is 10.2. The number of ether oxygens (including phenoxy) is 2. The third kappa shape index (κ3) is 6.75. The first-order valence-electron chi connectivity index (χ1n) is 6.31. The van der Waals surface area contributed by atoms with Crippen LogP contribution >= 0.6 is 0 Å². The molecule has 0 aliphatic carbocycles. The predicted molar refractivity (Wildman–Crippen MR) is 74.5 cm³/mol. The number of amides is 1. The number of methoxy groups -OCH3 is 1. The zero-order chi connectivity index (χ0) is 14.8. The van der Waals surface area contributed by atoms with E-state index in [9.17, 15) is 9.59 Å². The lowest BCUT2D eigenvalue weighted by Crippen LogP contribution is -2.39. The van der Waals surface area contributed by atoms with E-state index in [1.165, 1.54) is 7.11 Å². The van der Waals surface area contributed by atoms with Gasteiger partial charge < -0.3 is 14.8 Å². The van der Waals surface area contributed by atoms with Crippen LogP contribution in [0, 0.1) is 0 Å². The number of para-hydroxylation sites is 1. The quantitative estimate of drug-likeness (QED) is 0.547. The molecule has 0 unspecified atom stereocenters. The molecule has 6 heteroatoms. The molecule has 1 rings (SSSR count). The molecular formula is C14H20N2O4. The number of hydrogen-bond acceptors (Lipinski definition) is 5. The zero-order valence-corrected chi connectivity index (χ0v) is 11.8. The minimum Gasteiger partial charge on any atom is -0.492 e. The average Bonchev–Trinajstić information content (AvgIpc) is 2.44. The van der Waals surface area contributed by atoms with E-state index in [1.807, 2.05) is 30.3 Å². The first kappa shape index (κ1) is 16.0. The summed E-state index contributed by atoms with van der Waals surface area (Å²) in [5, 5.41) is 2.72. The van der Waals surface area contributed by atoms with Gasteiger partial charge in [0.2, 0.25) is 5.91 Å². The summed E-state index contributed by atoms with van der Waals surface area (Å²) in [7, 11) is 2.99. The smallest absolute Gasteiger partial charge is 0.319 e. The van der Waals surface area contributed by atoms with E-state index in [0.717, 1.165) is 5.75 Å². The minimum absolute atomic E-state index is 0.0877. The zero-order valence-electron chi connectivity index (χ0n) is 11.8. The molecule has 0 aromatic heterocycles. The van der Waals surface area contributed by atoms with Crippen LogP contribution in [-0.2, 0) is 14.3 Å². The monoisotopic (exact) mass is 280 g/mol. The average molecular weight is 280 g/mol. The van der Waals surface area contributed by atoms with Crippen molar-refractivity contribution in [1.29, 1.82) is 0 Å². The Kier molecular flexibility index (Phi) is 7.13. The number of esters is 1. The highest BCUT2D eigenvalue weighted by Gasteiger charge is 2.10. The molecule has 1 aromatic rings. The van der Waals surface area contributed by atoms with Gasteiger partial charge in [0, 0.05) is 0 Å². The minimum atomic E-state index is -0.368. The maximum atomic E-state index is 11.6. The number of rotatable bonds is 8. The van der Waals surface area contributed by atoms with Gasteiger partial charge in [0.15, 0.2) is 0 Å². The van der Waals surface area contributed by atoms with E-state index in [0.29, 0.717) is 13.2 Å². The number of nitrogens with one attached hydrogen (secondary N) is 1. The summed E-state index contributed by atoms with van der Waals surface area (Å²) in [5.41, 5.74) is 0. The molecule has 0 aliphatic heterocycles. The molecule has 0 spiro atoms. The Balaban J connectivity index is 2.12. The molecule has 1 amide bonds. The molecule has 1 N–H and O–H groups in total. The Morgan fingerprint density at radius 3 is 2.55 bits per heavy atom. The Morgan fingerprint density at radius 2 is 1.90 bits per heavy atom. The van der Waals surface area contributed by atoms with Crippen molar-refractivity contribution in [2.75, 3.05) is 40.4 Å². The summed E-state index contributed by atoms with van der Waals surface area (Å²) in [4.78, 5) is 24.2. The van der Waals surface area contributed by atoms with Crippen LogP contribution in [0.15, 0.2) is 30.3 Å². The summed E-state index contributed by atoms with van der Waals surface area (Å²) >= 11 is 0. The number of likely N-dealkylation sites (N-methyl/N-ethyl adjacent to an activating group) is 1. The molecule has 0 radical (unpaired) electrons. The van der Waals surface area contributed by atoms with Crippen molar-refractivity contribution in [2.24, 2.45) is 0 Å². The van der Waals surface area contributed by atoms with E-state index >= 15 is 0 Å². The van der Waals surface area contributed by atoms with Crippen LogP contribution in [0.2, 0.25) is 0 Å². The fourth-order valence-electron chi connectivity index (χ4n) is 1.52. The van der Waals surface area contributed by atoms with Crippen molar-refractivity contribution >= 4 is 11.9 Å². The fourth-order valence-corrected chi connectivity index (χ4v) is 1.52. The second kappa shape index (κ2) is 8.92. The first-order chi connectivity index (χ1) is 9.61. The Labute approximate surface area is 118 Å². The number of hydrogen-bond donors (Lipinski definition) is 1. The van der Waals surface area contributed by atoms with Gasteiger partial charge in [-0.15, -0.1) is 0 Å². The van der Waals surface area contributed by atoms with Crippen LogP contribution in [0.3, 0.4) is 0 Å². The van der Waals surface area contributed by atoms with E-state index < -0.39 is 0 Å². The van der Waals surface area contributed by atoms with Gasteiger partial charge in [-0.05, 0) is 19.2 Å². The molecule has 6 nitrogen and oxygen atoms in total. The molecule has 0 bridgehead atoms. The van der Waals surface area contributed by atoms with E-state index in [-0.39, 0.29) is 25.0 Å². The number of nitrogens with zero attached hydrogens (tertiary/aromatic N) is 1. The van der Waals surface area contributed by atoms with Gasteiger partial charge in [0.25, 0.3) is 0 Å². The number of benzene rings is 1. The number of carbonyl (C=O) groups excluding carboxylic acids is 2. The van der Waals surface area contributed by atoms with Crippen molar-refractivity contribution < 1.29 is 19.1 Å². The molecule has 0 fully saturated rings. The van der Waals surface area contributed by atoms with Crippen molar-refractivity contribution in [3.8, 4) is 5.75 Å². The van der Waals surface area contributed by atoms with Gasteiger partial charge in [0.1, 0.15) is 12.4 Å². The van der Waals surface area contributed by atoms with Crippen molar-refractivity contribution in [3.05, 3.63) is 30.3 Å². The maximum Gasteiger partial charge on any atom is 0.319 e. The Hall–Kier alpha value is -2.08. The highest BCUT2D eigenvalue weighted by atomic mass is 16.5. The lowest BCUT2D eigenvalue weighted by atomic mass is 10.3. The Bertz CT molecular complexity index is 422. The molecule has 0 heterocycles. The van der Waals surface area contributed by atoms with Crippen LogP contribution in [-0.4, -0.2) is 57.2 Å². The highest BCUT2D eigenvalue weighted by Crippen LogP contribution is 2.07. The van der Waals surface area contributed by atoms with E-state index in [1.54, 1.807) is 11.9 Å². The SMILES string of the molecule is COC(=O)CN(C)CC(=O)NCCOc1ccccc1. The number of carbonyl (C=O) groups is 2. The van der Waals surface area contributed by atoms with Gasteiger partial charge in [-0.1, -0.05) is 18.2 Å². The van der Waals surface area contributed by atoms with Gasteiger partial charge >= 0.3 is 5.97 Å². The Morgan fingerprint density at radius 1 is 1.20 bits per heavy atom. The maximum absolute atomic E-state index is 11.6. The van der Waals surface area contributed by atoms with Crippen LogP contribution in [0.5, 0.6) is 5.75 Å². The summed E-state index contributed by atoms with van der Waals surface area (Å²) in [6, 6.07) is 9.38. The molecule has 20 heavy (non-hydrogen) atoms. The molecule has 0 saturated carbocycles. The second-order valence-electron chi connectivity index (χ2n) is 4.26. The highest BCUT2D eigenvalue weighted by molar-refractivity contribution is 5.79. The summed E-state index contributed by atoms with van der Waals surface area (Å²) in [6.45, 7) is 1.04. The van der Waals surface area contributed by atoms with E-state index in [2.05, 4.69) is 10.1 Å². The second-order valence-corrected chi connectivity index (χ2v) is 4.26. The topological polar surface area (TPSA) is 67.9 Å². The molecule has 0 saturated heterocycles. The first-order valence-corrected chi connectivity index (χ1v) is 6.31. The lowest BCUT2D eigenvalue weighted by molar-refractivity contribution is -0.141. The summed E-state index contributed by atoms with van der Waals surface area (Å²) in [6.07, 6.45) is 0. The van der Waals surface area contributed by atoms with Crippen LogP contribution in [0.25, 0.3) is 0 Å². The van der Waals surface area contributed by atoms with E-state index in [4.69, 9.17) is 4.74 Å². The van der Waals surface area contributed by atoms with Gasteiger partial charge in [0.05, 0.1) is 26.7 Å². The van der Waals surface area contributed by atoms with Gasteiger partial charge in [-0.25, -0.2) is 0 Å². The molecule has 1 aromatic carbocycles. The van der Waals surface area contributed by atoms with Gasteiger partial charge in [-0.3, -0.25) is 14.5 Å². The summed E-state index contributed by atoms with van der Waals surface area (Å²) in [5.74, 6) is 0.241. The van der Waals surface area contributed by atoms with Crippen LogP contribution in [0.4, 0.5) is 0 Å². The van der Waals surface area contributed by atoms with Crippen molar-refractivity contribution in [3.63, 3.8) is 0 Å². The fraction of sp³-hybridized carbons (Fsp3) is 0.429. The molecule has 0 atom stereocenters. The van der Waals surface area contributed by atoms with Crippen molar-refractivity contribution in [2.45, 2.75) is 0 Å². The van der Waals surface area contributed by atoms with Crippen LogP contribution in [0.1, 0.15) is 0 Å².